The first-order valence-corrected chi connectivity index (χ1v) is 4.80. The summed E-state index contributed by atoms with van der Waals surface area (Å²) in [4.78, 5) is 10.4. The number of carbonyl (C=O) groups excluding carboxylic acids is 1. The summed E-state index contributed by atoms with van der Waals surface area (Å²) >= 11 is 0. The van der Waals surface area contributed by atoms with Gasteiger partial charge in [0.2, 0.25) is 0 Å². The summed E-state index contributed by atoms with van der Waals surface area (Å²) < 4.78 is 11.0. The van der Waals surface area contributed by atoms with Gasteiger partial charge in [-0.25, -0.2) is 0 Å². The second-order valence-corrected chi connectivity index (χ2v) is 4.49. The molecule has 82 valence electrons. The van der Waals surface area contributed by atoms with Crippen molar-refractivity contribution in [2.75, 3.05) is 0 Å². The predicted octanol–water partition coefficient (Wildman–Crippen LogP) is 0.866. The average Bonchev–Trinajstić information content (AvgIpc) is 2.25. The highest BCUT2D eigenvalue weighted by molar-refractivity contribution is 5.51. The van der Waals surface area contributed by atoms with E-state index in [1.165, 1.54) is 0 Å². The molecule has 1 saturated heterocycles. The first kappa shape index (κ1) is 11.6. The summed E-state index contributed by atoms with van der Waals surface area (Å²) in [5.41, 5.74) is -1.16. The molecule has 0 aromatic rings. The maximum Gasteiger partial charge on any atom is 0.163 e. The van der Waals surface area contributed by atoms with E-state index >= 15 is 0 Å². The molecule has 0 aliphatic carbocycles. The molecule has 14 heavy (non-hydrogen) atoms. The second-order valence-electron chi connectivity index (χ2n) is 4.49. The predicted molar refractivity (Wildman–Crippen MR) is 50.8 cm³/mol. The van der Waals surface area contributed by atoms with Gasteiger partial charge in [-0.05, 0) is 27.7 Å². The van der Waals surface area contributed by atoms with Crippen LogP contribution in [0.2, 0.25) is 0 Å². The minimum Gasteiger partial charge on any atom is -0.387 e. The highest BCUT2D eigenvalue weighted by Crippen LogP contribution is 2.34. The molecule has 0 bridgehead atoms. The lowest BCUT2D eigenvalue weighted by molar-refractivity contribution is -0.169. The Morgan fingerprint density at radius 1 is 1.50 bits per heavy atom. The maximum absolute atomic E-state index is 10.4. The first-order chi connectivity index (χ1) is 6.28. The van der Waals surface area contributed by atoms with Gasteiger partial charge in [0.1, 0.15) is 12.4 Å². The van der Waals surface area contributed by atoms with E-state index in [-0.39, 0.29) is 12.5 Å². The minimum atomic E-state index is -1.16. The molecular formula is C10H18O4. The fraction of sp³-hybridized carbons (Fsp3) is 0.900. The Labute approximate surface area is 84.2 Å². The molecule has 1 aliphatic heterocycles. The fourth-order valence-electron chi connectivity index (χ4n) is 1.86. The standard InChI is InChI=1S/C10H18O4/c1-7-8(10(4,12)5-6-11)14-9(2,3)13-7/h6-8,12H,5H2,1-4H3/t7-,8+,10+/m0/s1. The zero-order valence-electron chi connectivity index (χ0n) is 9.11. The minimum absolute atomic E-state index is 0.0570. The Hall–Kier alpha value is -0.450. The third-order valence-electron chi connectivity index (χ3n) is 2.42. The molecule has 0 amide bonds. The second kappa shape index (κ2) is 3.61. The Morgan fingerprint density at radius 3 is 2.43 bits per heavy atom. The zero-order valence-corrected chi connectivity index (χ0v) is 9.11. The van der Waals surface area contributed by atoms with Crippen LogP contribution in [-0.4, -0.2) is 35.0 Å². The lowest BCUT2D eigenvalue weighted by Gasteiger charge is -2.29. The fourth-order valence-corrected chi connectivity index (χ4v) is 1.86. The van der Waals surface area contributed by atoms with E-state index in [0.717, 1.165) is 0 Å². The third-order valence-corrected chi connectivity index (χ3v) is 2.42. The Morgan fingerprint density at radius 2 is 2.07 bits per heavy atom. The van der Waals surface area contributed by atoms with Crippen molar-refractivity contribution in [1.29, 1.82) is 0 Å². The van der Waals surface area contributed by atoms with Crippen LogP contribution in [0.1, 0.15) is 34.1 Å². The number of hydrogen-bond acceptors (Lipinski definition) is 4. The van der Waals surface area contributed by atoms with Crippen molar-refractivity contribution in [1.82, 2.24) is 0 Å². The third kappa shape index (κ3) is 2.32. The van der Waals surface area contributed by atoms with Crippen molar-refractivity contribution in [2.24, 2.45) is 0 Å². The van der Waals surface area contributed by atoms with Crippen molar-refractivity contribution >= 4 is 6.29 Å². The van der Waals surface area contributed by atoms with Crippen molar-refractivity contribution in [3.05, 3.63) is 0 Å². The Bertz CT molecular complexity index is 222. The molecule has 0 radical (unpaired) electrons. The van der Waals surface area contributed by atoms with E-state index in [9.17, 15) is 9.90 Å². The highest BCUT2D eigenvalue weighted by Gasteiger charge is 2.47. The summed E-state index contributed by atoms with van der Waals surface area (Å²) in [6.45, 7) is 7.01. The Balaban J connectivity index is 2.74. The van der Waals surface area contributed by atoms with Gasteiger partial charge in [0, 0.05) is 6.42 Å². The van der Waals surface area contributed by atoms with Crippen molar-refractivity contribution in [3.8, 4) is 0 Å². The molecule has 1 heterocycles. The van der Waals surface area contributed by atoms with E-state index in [0.29, 0.717) is 6.29 Å². The quantitative estimate of drug-likeness (QED) is 0.690. The van der Waals surface area contributed by atoms with E-state index in [2.05, 4.69) is 0 Å². The normalized spacial score (nSPS) is 35.2. The van der Waals surface area contributed by atoms with Crippen LogP contribution in [0.25, 0.3) is 0 Å². The van der Waals surface area contributed by atoms with Crippen LogP contribution in [0.3, 0.4) is 0 Å². The maximum atomic E-state index is 10.4. The highest BCUT2D eigenvalue weighted by atomic mass is 16.8. The van der Waals surface area contributed by atoms with Gasteiger partial charge in [-0.3, -0.25) is 0 Å². The Kier molecular flexibility index (Phi) is 2.99. The summed E-state index contributed by atoms with van der Waals surface area (Å²) in [6, 6.07) is 0. The molecule has 3 atom stereocenters. The molecule has 1 aliphatic rings. The summed E-state index contributed by atoms with van der Waals surface area (Å²) in [6.07, 6.45) is 0.0886. The van der Waals surface area contributed by atoms with Crippen LogP contribution in [0.4, 0.5) is 0 Å². The molecule has 0 aromatic carbocycles. The van der Waals surface area contributed by atoms with Gasteiger partial charge >= 0.3 is 0 Å². The largest absolute Gasteiger partial charge is 0.387 e. The number of hydrogen-bond donors (Lipinski definition) is 1. The molecular weight excluding hydrogens is 184 g/mol. The molecule has 0 saturated carbocycles. The summed E-state index contributed by atoms with van der Waals surface area (Å²) in [5.74, 6) is -0.684. The van der Waals surface area contributed by atoms with Gasteiger partial charge in [0.25, 0.3) is 0 Å². The lowest BCUT2D eigenvalue weighted by atomic mass is 9.92. The van der Waals surface area contributed by atoms with Crippen LogP contribution in [-0.2, 0) is 14.3 Å². The number of aldehydes is 1. The molecule has 1 N–H and O–H groups in total. The van der Waals surface area contributed by atoms with Crippen molar-refractivity contribution < 1.29 is 19.4 Å². The molecule has 4 heteroatoms. The summed E-state index contributed by atoms with van der Waals surface area (Å²) in [5, 5.41) is 9.98. The van der Waals surface area contributed by atoms with Crippen molar-refractivity contribution in [2.45, 2.75) is 57.7 Å². The molecule has 0 unspecified atom stereocenters. The zero-order chi connectivity index (χ0) is 11.0. The van der Waals surface area contributed by atoms with E-state index < -0.39 is 17.5 Å². The lowest BCUT2D eigenvalue weighted by Crippen LogP contribution is -2.45. The van der Waals surface area contributed by atoms with Crippen LogP contribution < -0.4 is 0 Å². The monoisotopic (exact) mass is 202 g/mol. The number of aliphatic hydroxyl groups is 1. The number of carbonyl (C=O) groups is 1. The van der Waals surface area contributed by atoms with Gasteiger partial charge < -0.3 is 19.4 Å². The SMILES string of the molecule is C[C@@H]1OC(C)(C)O[C@H]1[C@](C)(O)CC=O. The topological polar surface area (TPSA) is 55.8 Å². The van der Waals surface area contributed by atoms with E-state index in [4.69, 9.17) is 9.47 Å². The van der Waals surface area contributed by atoms with E-state index in [1.54, 1.807) is 20.8 Å². The van der Waals surface area contributed by atoms with Crippen LogP contribution in [0.5, 0.6) is 0 Å². The van der Waals surface area contributed by atoms with Gasteiger partial charge in [-0.2, -0.15) is 0 Å². The van der Waals surface area contributed by atoms with Gasteiger partial charge in [0.15, 0.2) is 5.79 Å². The first-order valence-electron chi connectivity index (χ1n) is 4.80. The smallest absolute Gasteiger partial charge is 0.163 e. The summed E-state index contributed by atoms with van der Waals surface area (Å²) in [7, 11) is 0. The molecule has 0 aromatic heterocycles. The van der Waals surface area contributed by atoms with E-state index in [1.807, 2.05) is 6.92 Å². The molecule has 1 fully saturated rings. The molecule has 4 nitrogen and oxygen atoms in total. The van der Waals surface area contributed by atoms with Gasteiger partial charge in [-0.1, -0.05) is 0 Å². The van der Waals surface area contributed by atoms with Gasteiger partial charge in [-0.15, -0.1) is 0 Å². The van der Waals surface area contributed by atoms with Gasteiger partial charge in [0.05, 0.1) is 11.7 Å². The van der Waals surface area contributed by atoms with Crippen LogP contribution >= 0.6 is 0 Å². The molecule has 0 spiro atoms. The average molecular weight is 202 g/mol. The molecule has 1 rings (SSSR count). The van der Waals surface area contributed by atoms with Crippen molar-refractivity contribution in [3.63, 3.8) is 0 Å². The van der Waals surface area contributed by atoms with Crippen LogP contribution in [0, 0.1) is 0 Å². The van der Waals surface area contributed by atoms with Crippen LogP contribution in [0.15, 0.2) is 0 Å². The number of rotatable bonds is 3. The number of ether oxygens (including phenoxy) is 2.